The Labute approximate surface area is 119 Å². The number of carboxylic acids is 1. The predicted octanol–water partition coefficient (Wildman–Crippen LogP) is 2.27. The molecule has 4 heteroatoms. The first-order valence-electron chi connectivity index (χ1n) is 7.24. The molecule has 2 aliphatic rings. The summed E-state index contributed by atoms with van der Waals surface area (Å²) < 4.78 is 5.16. The molecule has 1 aromatic rings. The van der Waals surface area contributed by atoms with E-state index in [4.69, 9.17) is 4.74 Å². The second-order valence-electron chi connectivity index (χ2n) is 5.90. The van der Waals surface area contributed by atoms with Crippen LogP contribution in [0.3, 0.4) is 0 Å². The molecule has 20 heavy (non-hydrogen) atoms. The molecule has 0 saturated carbocycles. The average molecular weight is 275 g/mol. The molecule has 2 heterocycles. The quantitative estimate of drug-likeness (QED) is 0.895. The highest BCUT2D eigenvalue weighted by Gasteiger charge is 2.48. The van der Waals surface area contributed by atoms with Gasteiger partial charge in [-0.05, 0) is 30.4 Å². The van der Waals surface area contributed by atoms with Crippen LogP contribution in [0.4, 0.5) is 0 Å². The minimum atomic E-state index is -0.629. The first kappa shape index (κ1) is 13.6. The normalized spacial score (nSPS) is 28.9. The van der Waals surface area contributed by atoms with Gasteiger partial charge in [-0.1, -0.05) is 24.3 Å². The van der Waals surface area contributed by atoms with Crippen molar-refractivity contribution in [2.24, 2.45) is 5.92 Å². The summed E-state index contributed by atoms with van der Waals surface area (Å²) in [6.45, 7) is 1.48. The predicted molar refractivity (Wildman–Crippen MR) is 75.3 cm³/mol. The molecule has 0 spiro atoms. The molecule has 108 valence electrons. The summed E-state index contributed by atoms with van der Waals surface area (Å²) in [5, 5.41) is 9.29. The Hall–Kier alpha value is -1.39. The molecular formula is C16H21NO3. The maximum atomic E-state index is 11.3. The fraction of sp³-hybridized carbons (Fsp3) is 0.562. The van der Waals surface area contributed by atoms with Gasteiger partial charge < -0.3 is 9.84 Å². The van der Waals surface area contributed by atoms with Crippen LogP contribution in [0.25, 0.3) is 0 Å². The third kappa shape index (κ3) is 2.45. The van der Waals surface area contributed by atoms with Crippen molar-refractivity contribution >= 4 is 5.97 Å². The molecule has 1 aromatic carbocycles. The Morgan fingerprint density at radius 1 is 1.40 bits per heavy atom. The highest BCUT2D eigenvalue weighted by Crippen LogP contribution is 2.42. The monoisotopic (exact) mass is 275 g/mol. The summed E-state index contributed by atoms with van der Waals surface area (Å²) in [6, 6.07) is 9.07. The van der Waals surface area contributed by atoms with E-state index in [9.17, 15) is 9.90 Å². The van der Waals surface area contributed by atoms with Gasteiger partial charge in [0.1, 0.15) is 0 Å². The molecule has 3 unspecified atom stereocenters. The smallest absolute Gasteiger partial charge is 0.308 e. The van der Waals surface area contributed by atoms with Gasteiger partial charge >= 0.3 is 5.97 Å². The van der Waals surface area contributed by atoms with E-state index in [1.165, 1.54) is 11.1 Å². The fourth-order valence-electron chi connectivity index (χ4n) is 3.81. The maximum absolute atomic E-state index is 11.3. The van der Waals surface area contributed by atoms with Crippen molar-refractivity contribution in [3.63, 3.8) is 0 Å². The van der Waals surface area contributed by atoms with E-state index in [2.05, 4.69) is 29.2 Å². The minimum absolute atomic E-state index is 0.170. The Morgan fingerprint density at radius 2 is 2.20 bits per heavy atom. The Bertz CT molecular complexity index is 502. The van der Waals surface area contributed by atoms with Crippen molar-refractivity contribution in [2.45, 2.75) is 44.5 Å². The van der Waals surface area contributed by atoms with E-state index in [1.54, 1.807) is 7.11 Å². The van der Waals surface area contributed by atoms with E-state index >= 15 is 0 Å². The van der Waals surface area contributed by atoms with Crippen molar-refractivity contribution in [2.75, 3.05) is 7.11 Å². The van der Waals surface area contributed by atoms with E-state index in [0.29, 0.717) is 12.6 Å². The van der Waals surface area contributed by atoms with Crippen LogP contribution < -0.4 is 0 Å². The van der Waals surface area contributed by atoms with Gasteiger partial charge in [0, 0.05) is 25.7 Å². The van der Waals surface area contributed by atoms with Crippen molar-refractivity contribution in [3.8, 4) is 0 Å². The zero-order valence-electron chi connectivity index (χ0n) is 11.8. The van der Waals surface area contributed by atoms with Crippen LogP contribution in [0.5, 0.6) is 0 Å². The van der Waals surface area contributed by atoms with Gasteiger partial charge in [0.15, 0.2) is 0 Å². The standard InChI is InChI=1S/C16H21NO3/c1-20-10-12-4-2-3-11(7-12)9-17-13-5-6-15(17)14(8-13)16(18)19/h2-4,7,13-15H,5-6,8-10H2,1H3,(H,18,19). The third-order valence-corrected chi connectivity index (χ3v) is 4.67. The van der Waals surface area contributed by atoms with Crippen LogP contribution in [0.1, 0.15) is 30.4 Å². The molecule has 3 rings (SSSR count). The molecule has 4 nitrogen and oxygen atoms in total. The molecule has 2 fully saturated rings. The third-order valence-electron chi connectivity index (χ3n) is 4.67. The molecule has 3 atom stereocenters. The van der Waals surface area contributed by atoms with Crippen molar-refractivity contribution in [3.05, 3.63) is 35.4 Å². The first-order chi connectivity index (χ1) is 9.69. The van der Waals surface area contributed by atoms with Crippen molar-refractivity contribution < 1.29 is 14.6 Å². The first-order valence-corrected chi connectivity index (χ1v) is 7.24. The van der Waals surface area contributed by atoms with Crippen LogP contribution in [-0.4, -0.2) is 35.2 Å². The largest absolute Gasteiger partial charge is 0.481 e. The molecule has 0 amide bonds. The van der Waals surface area contributed by atoms with Gasteiger partial charge in [-0.25, -0.2) is 0 Å². The van der Waals surface area contributed by atoms with Crippen LogP contribution in [0.2, 0.25) is 0 Å². The fourth-order valence-corrected chi connectivity index (χ4v) is 3.81. The summed E-state index contributed by atoms with van der Waals surface area (Å²) in [4.78, 5) is 13.7. The number of benzene rings is 1. The van der Waals surface area contributed by atoms with Gasteiger partial charge in [0.2, 0.25) is 0 Å². The minimum Gasteiger partial charge on any atom is -0.481 e. The molecule has 2 aliphatic heterocycles. The number of hydrogen-bond donors (Lipinski definition) is 1. The number of hydrogen-bond acceptors (Lipinski definition) is 3. The van der Waals surface area contributed by atoms with E-state index in [1.807, 2.05) is 0 Å². The SMILES string of the molecule is COCc1cccc(CN2C3CCC2C(C(=O)O)C3)c1. The van der Waals surface area contributed by atoms with Crippen molar-refractivity contribution in [1.29, 1.82) is 0 Å². The number of methoxy groups -OCH3 is 1. The molecule has 0 aromatic heterocycles. The van der Waals surface area contributed by atoms with Gasteiger partial charge in [0.25, 0.3) is 0 Å². The summed E-state index contributed by atoms with van der Waals surface area (Å²) >= 11 is 0. The molecule has 0 aliphatic carbocycles. The second-order valence-corrected chi connectivity index (χ2v) is 5.90. The highest BCUT2D eigenvalue weighted by atomic mass is 16.5. The molecular weight excluding hydrogens is 254 g/mol. The van der Waals surface area contributed by atoms with Crippen LogP contribution in [0.15, 0.2) is 24.3 Å². The zero-order valence-corrected chi connectivity index (χ0v) is 11.8. The van der Waals surface area contributed by atoms with Gasteiger partial charge in [-0.2, -0.15) is 0 Å². The van der Waals surface area contributed by atoms with Gasteiger partial charge in [-0.15, -0.1) is 0 Å². The number of nitrogens with zero attached hydrogens (tertiary/aromatic N) is 1. The van der Waals surface area contributed by atoms with E-state index in [0.717, 1.165) is 25.8 Å². The molecule has 2 bridgehead atoms. The Morgan fingerprint density at radius 3 is 2.90 bits per heavy atom. The maximum Gasteiger partial charge on any atom is 0.308 e. The van der Waals surface area contributed by atoms with E-state index in [-0.39, 0.29) is 12.0 Å². The average Bonchev–Trinajstić information content (AvgIpc) is 2.97. The van der Waals surface area contributed by atoms with Crippen LogP contribution >= 0.6 is 0 Å². The van der Waals surface area contributed by atoms with Crippen molar-refractivity contribution in [1.82, 2.24) is 4.90 Å². The number of rotatable bonds is 5. The lowest BCUT2D eigenvalue weighted by Crippen LogP contribution is -2.32. The summed E-state index contributed by atoms with van der Waals surface area (Å²) in [5.41, 5.74) is 2.42. The lowest BCUT2D eigenvalue weighted by atomic mass is 9.89. The molecule has 2 saturated heterocycles. The van der Waals surface area contributed by atoms with Gasteiger partial charge in [0.05, 0.1) is 12.5 Å². The number of carboxylic acid groups (broad SMARTS) is 1. The second kappa shape index (κ2) is 5.54. The summed E-state index contributed by atoms with van der Waals surface area (Å²) in [5.74, 6) is -0.800. The number of fused-ring (bicyclic) bond motifs is 2. The number of aliphatic carboxylic acids is 1. The van der Waals surface area contributed by atoms with Crippen LogP contribution in [-0.2, 0) is 22.7 Å². The zero-order chi connectivity index (χ0) is 14.1. The van der Waals surface area contributed by atoms with E-state index < -0.39 is 5.97 Å². The summed E-state index contributed by atoms with van der Waals surface area (Å²) in [7, 11) is 1.70. The Kier molecular flexibility index (Phi) is 3.76. The Balaban J connectivity index is 1.72. The molecule has 1 N–H and O–H groups in total. The lowest BCUT2D eigenvalue weighted by molar-refractivity contribution is -0.142. The summed E-state index contributed by atoms with van der Waals surface area (Å²) in [6.07, 6.45) is 2.99. The lowest BCUT2D eigenvalue weighted by Gasteiger charge is -2.23. The number of ether oxygens (including phenoxy) is 1. The van der Waals surface area contributed by atoms with Crippen LogP contribution in [0, 0.1) is 5.92 Å². The highest BCUT2D eigenvalue weighted by molar-refractivity contribution is 5.71. The number of carbonyl (C=O) groups is 1. The van der Waals surface area contributed by atoms with Gasteiger partial charge in [-0.3, -0.25) is 9.69 Å². The topological polar surface area (TPSA) is 49.8 Å². The molecule has 0 radical (unpaired) electrons.